The molecule has 2 aliphatic heterocycles. The van der Waals surface area contributed by atoms with Crippen LogP contribution >= 0.6 is 0 Å². The molecule has 0 aliphatic carbocycles. The number of hydrogen-bond acceptors (Lipinski definition) is 3. The highest BCUT2D eigenvalue weighted by atomic mass is 16.2. The standard InChI is InChI=1S/C17H25N3O/c1-13-11-14(18-2)6-7-16(13)17(21)20-10-4-9-19-8-3-5-15(19)12-20/h6-7,11,15,18H,3-5,8-10,12H2,1-2H3. The number of nitrogens with zero attached hydrogens (tertiary/aromatic N) is 2. The Labute approximate surface area is 127 Å². The zero-order chi connectivity index (χ0) is 14.8. The third-order valence-electron chi connectivity index (χ3n) is 4.84. The highest BCUT2D eigenvalue weighted by Crippen LogP contribution is 2.23. The highest BCUT2D eigenvalue weighted by molar-refractivity contribution is 5.96. The van der Waals surface area contributed by atoms with Crippen molar-refractivity contribution in [2.24, 2.45) is 0 Å². The maximum atomic E-state index is 12.8. The largest absolute Gasteiger partial charge is 0.388 e. The van der Waals surface area contributed by atoms with Crippen molar-refractivity contribution in [2.75, 3.05) is 38.5 Å². The second-order valence-electron chi connectivity index (χ2n) is 6.22. The summed E-state index contributed by atoms with van der Waals surface area (Å²) in [6.45, 7) is 6.16. The summed E-state index contributed by atoms with van der Waals surface area (Å²) in [6.07, 6.45) is 3.61. The van der Waals surface area contributed by atoms with Gasteiger partial charge in [0.15, 0.2) is 0 Å². The predicted octanol–water partition coefficient (Wildman–Crippen LogP) is 2.35. The minimum absolute atomic E-state index is 0.198. The molecule has 2 aliphatic rings. The van der Waals surface area contributed by atoms with Crippen LogP contribution in [0, 0.1) is 6.92 Å². The van der Waals surface area contributed by atoms with E-state index in [0.717, 1.165) is 42.9 Å². The van der Waals surface area contributed by atoms with Crippen LogP contribution < -0.4 is 5.32 Å². The second kappa shape index (κ2) is 6.06. The predicted molar refractivity (Wildman–Crippen MR) is 85.8 cm³/mol. The molecular formula is C17H25N3O. The zero-order valence-electron chi connectivity index (χ0n) is 13.1. The molecule has 1 N–H and O–H groups in total. The zero-order valence-corrected chi connectivity index (χ0v) is 13.1. The summed E-state index contributed by atoms with van der Waals surface area (Å²) in [7, 11) is 1.90. The number of aryl methyl sites for hydroxylation is 1. The maximum absolute atomic E-state index is 12.8. The fourth-order valence-electron chi connectivity index (χ4n) is 3.62. The Morgan fingerprint density at radius 2 is 2.05 bits per heavy atom. The van der Waals surface area contributed by atoms with Gasteiger partial charge in [-0.15, -0.1) is 0 Å². The second-order valence-corrected chi connectivity index (χ2v) is 6.22. The van der Waals surface area contributed by atoms with Crippen LogP contribution in [0.3, 0.4) is 0 Å². The van der Waals surface area contributed by atoms with Crippen molar-refractivity contribution in [3.05, 3.63) is 29.3 Å². The van der Waals surface area contributed by atoms with E-state index in [-0.39, 0.29) is 5.91 Å². The smallest absolute Gasteiger partial charge is 0.254 e. The van der Waals surface area contributed by atoms with E-state index in [2.05, 4.69) is 15.1 Å². The molecule has 0 radical (unpaired) electrons. The van der Waals surface area contributed by atoms with Crippen molar-refractivity contribution in [2.45, 2.75) is 32.2 Å². The summed E-state index contributed by atoms with van der Waals surface area (Å²) in [5.41, 5.74) is 2.96. The van der Waals surface area contributed by atoms with Crippen LogP contribution in [0.15, 0.2) is 18.2 Å². The van der Waals surface area contributed by atoms with Gasteiger partial charge in [-0.2, -0.15) is 0 Å². The van der Waals surface area contributed by atoms with Gasteiger partial charge in [-0.1, -0.05) is 0 Å². The van der Waals surface area contributed by atoms with Gasteiger partial charge < -0.3 is 10.2 Å². The molecule has 1 unspecified atom stereocenters. The lowest BCUT2D eigenvalue weighted by Crippen LogP contribution is -2.39. The molecule has 1 aromatic carbocycles. The molecule has 0 spiro atoms. The average molecular weight is 287 g/mol. The molecule has 1 atom stereocenters. The summed E-state index contributed by atoms with van der Waals surface area (Å²) >= 11 is 0. The summed E-state index contributed by atoms with van der Waals surface area (Å²) in [6, 6.07) is 6.57. The van der Waals surface area contributed by atoms with Crippen molar-refractivity contribution in [1.29, 1.82) is 0 Å². The Morgan fingerprint density at radius 3 is 2.81 bits per heavy atom. The Bertz CT molecular complexity index is 529. The number of anilines is 1. The van der Waals surface area contributed by atoms with Crippen LogP contribution in [0.4, 0.5) is 5.69 Å². The molecule has 0 saturated carbocycles. The summed E-state index contributed by atoms with van der Waals surface area (Å²) in [4.78, 5) is 17.5. The Balaban J connectivity index is 1.77. The first-order valence-electron chi connectivity index (χ1n) is 8.01. The molecule has 21 heavy (non-hydrogen) atoms. The normalized spacial score (nSPS) is 22.8. The number of carbonyl (C=O) groups excluding carboxylic acids is 1. The number of rotatable bonds is 2. The molecule has 4 heteroatoms. The van der Waals surface area contributed by atoms with Gasteiger partial charge in [-0.3, -0.25) is 9.69 Å². The maximum Gasteiger partial charge on any atom is 0.254 e. The number of nitrogens with one attached hydrogen (secondary N) is 1. The molecule has 1 aromatic rings. The van der Waals surface area contributed by atoms with Gasteiger partial charge in [0.05, 0.1) is 0 Å². The molecule has 2 saturated heterocycles. The molecule has 1 amide bonds. The van der Waals surface area contributed by atoms with Crippen molar-refractivity contribution in [3.8, 4) is 0 Å². The van der Waals surface area contributed by atoms with Gasteiger partial charge in [-0.05, 0) is 56.5 Å². The first-order chi connectivity index (χ1) is 10.2. The van der Waals surface area contributed by atoms with E-state index in [1.54, 1.807) is 0 Å². The Morgan fingerprint density at radius 1 is 1.24 bits per heavy atom. The Hall–Kier alpha value is -1.55. The van der Waals surface area contributed by atoms with E-state index in [1.165, 1.54) is 19.4 Å². The minimum Gasteiger partial charge on any atom is -0.388 e. The Kier molecular flexibility index (Phi) is 4.15. The fourth-order valence-corrected chi connectivity index (χ4v) is 3.62. The molecule has 2 heterocycles. The molecule has 4 nitrogen and oxygen atoms in total. The molecule has 114 valence electrons. The van der Waals surface area contributed by atoms with Gasteiger partial charge in [0.2, 0.25) is 0 Å². The van der Waals surface area contributed by atoms with Crippen LogP contribution in [-0.2, 0) is 0 Å². The lowest BCUT2D eigenvalue weighted by molar-refractivity contribution is 0.0743. The number of carbonyl (C=O) groups is 1. The van der Waals surface area contributed by atoms with E-state index in [4.69, 9.17) is 0 Å². The highest BCUT2D eigenvalue weighted by Gasteiger charge is 2.31. The first kappa shape index (κ1) is 14.4. The fraction of sp³-hybridized carbons (Fsp3) is 0.588. The van der Waals surface area contributed by atoms with Crippen LogP contribution in [0.5, 0.6) is 0 Å². The summed E-state index contributed by atoms with van der Waals surface area (Å²) in [5, 5.41) is 3.12. The van der Waals surface area contributed by atoms with Gasteiger partial charge in [0.1, 0.15) is 0 Å². The third kappa shape index (κ3) is 2.91. The monoisotopic (exact) mass is 287 g/mol. The van der Waals surface area contributed by atoms with Crippen molar-refractivity contribution < 1.29 is 4.79 Å². The summed E-state index contributed by atoms with van der Waals surface area (Å²) < 4.78 is 0. The van der Waals surface area contributed by atoms with E-state index in [9.17, 15) is 4.79 Å². The topological polar surface area (TPSA) is 35.6 Å². The molecule has 2 fully saturated rings. The summed E-state index contributed by atoms with van der Waals surface area (Å²) in [5.74, 6) is 0.198. The molecule has 0 bridgehead atoms. The SMILES string of the molecule is CNc1ccc(C(=O)N2CCCN3CCCC3C2)c(C)c1. The van der Waals surface area contributed by atoms with E-state index >= 15 is 0 Å². The number of benzene rings is 1. The molecule has 0 aromatic heterocycles. The number of fused-ring (bicyclic) bond motifs is 1. The van der Waals surface area contributed by atoms with Gasteiger partial charge in [0, 0.05) is 44.0 Å². The van der Waals surface area contributed by atoms with Crippen molar-refractivity contribution >= 4 is 11.6 Å². The van der Waals surface area contributed by atoms with E-state index < -0.39 is 0 Å². The van der Waals surface area contributed by atoms with Crippen LogP contribution in [0.1, 0.15) is 35.2 Å². The lowest BCUT2D eigenvalue weighted by atomic mass is 10.1. The minimum atomic E-state index is 0.198. The van der Waals surface area contributed by atoms with Crippen LogP contribution in [-0.4, -0.2) is 55.0 Å². The number of hydrogen-bond donors (Lipinski definition) is 1. The van der Waals surface area contributed by atoms with Crippen LogP contribution in [0.25, 0.3) is 0 Å². The van der Waals surface area contributed by atoms with Gasteiger partial charge >= 0.3 is 0 Å². The van der Waals surface area contributed by atoms with Crippen LogP contribution in [0.2, 0.25) is 0 Å². The van der Waals surface area contributed by atoms with E-state index in [1.807, 2.05) is 32.2 Å². The third-order valence-corrected chi connectivity index (χ3v) is 4.84. The van der Waals surface area contributed by atoms with Crippen molar-refractivity contribution in [3.63, 3.8) is 0 Å². The number of amides is 1. The van der Waals surface area contributed by atoms with Gasteiger partial charge in [-0.25, -0.2) is 0 Å². The molecule has 3 rings (SSSR count). The quantitative estimate of drug-likeness (QED) is 0.907. The van der Waals surface area contributed by atoms with E-state index in [0.29, 0.717) is 6.04 Å². The van der Waals surface area contributed by atoms with Crippen molar-refractivity contribution in [1.82, 2.24) is 9.80 Å². The first-order valence-corrected chi connectivity index (χ1v) is 8.01. The average Bonchev–Trinajstić information content (AvgIpc) is 2.83. The lowest BCUT2D eigenvalue weighted by Gasteiger charge is -2.26. The molecular weight excluding hydrogens is 262 g/mol. The van der Waals surface area contributed by atoms with Gasteiger partial charge in [0.25, 0.3) is 5.91 Å².